The van der Waals surface area contributed by atoms with Gasteiger partial charge in [-0.25, -0.2) is 9.48 Å². The van der Waals surface area contributed by atoms with Crippen molar-refractivity contribution in [3.8, 4) is 0 Å². The molecule has 132 valence electrons. The Morgan fingerprint density at radius 1 is 1.12 bits per heavy atom. The number of fused-ring (bicyclic) bond motifs is 1. The van der Waals surface area contributed by atoms with Crippen LogP contribution in [0.2, 0.25) is 5.02 Å². The Kier molecular flexibility index (Phi) is 4.86. The maximum atomic E-state index is 12.6. The largest absolute Gasteiger partial charge is 0.449 e. The van der Waals surface area contributed by atoms with Crippen molar-refractivity contribution < 1.29 is 14.3 Å². The molecule has 2 aromatic carbocycles. The van der Waals surface area contributed by atoms with E-state index in [0.29, 0.717) is 21.4 Å². The number of aryl methyl sites for hydroxylation is 1. The highest BCUT2D eigenvalue weighted by Crippen LogP contribution is 2.17. The molecule has 6 nitrogen and oxygen atoms in total. The number of hydrogen-bond acceptors (Lipinski definition) is 5. The van der Waals surface area contributed by atoms with Crippen LogP contribution >= 0.6 is 11.6 Å². The van der Waals surface area contributed by atoms with E-state index in [-0.39, 0.29) is 17.0 Å². The standard InChI is InChI=1S/C19H15ClN2O4/c1-11(17(23)12-6-5-7-13(20)10-12)26-19(25)16-14-8-3-4-9-15(14)18(24)22(2)21-16/h3-11H,1-2H3/t11-/m0/s1. The molecule has 0 saturated heterocycles. The lowest BCUT2D eigenvalue weighted by Gasteiger charge is -2.13. The number of hydrogen-bond donors (Lipinski definition) is 0. The van der Waals surface area contributed by atoms with Crippen LogP contribution in [0.15, 0.2) is 53.3 Å². The van der Waals surface area contributed by atoms with E-state index in [1.807, 2.05) is 0 Å². The minimum absolute atomic E-state index is 0.0200. The van der Waals surface area contributed by atoms with E-state index >= 15 is 0 Å². The Bertz CT molecular complexity index is 1070. The van der Waals surface area contributed by atoms with Crippen LogP contribution in [0, 0.1) is 0 Å². The second-order valence-electron chi connectivity index (χ2n) is 5.75. The third-order valence-electron chi connectivity index (χ3n) is 3.91. The SMILES string of the molecule is C[C@H](OC(=O)c1nn(C)c(=O)c2ccccc12)C(=O)c1cccc(Cl)c1. The fourth-order valence-electron chi connectivity index (χ4n) is 2.60. The number of ketones is 1. The number of esters is 1. The highest BCUT2D eigenvalue weighted by atomic mass is 35.5. The van der Waals surface area contributed by atoms with Gasteiger partial charge in [0.05, 0.1) is 5.39 Å². The molecule has 0 aliphatic heterocycles. The summed E-state index contributed by atoms with van der Waals surface area (Å²) in [4.78, 5) is 37.1. The summed E-state index contributed by atoms with van der Waals surface area (Å²) in [5, 5.41) is 5.14. The summed E-state index contributed by atoms with van der Waals surface area (Å²) >= 11 is 5.89. The van der Waals surface area contributed by atoms with E-state index in [1.54, 1.807) is 42.5 Å². The first-order valence-electron chi connectivity index (χ1n) is 7.85. The summed E-state index contributed by atoms with van der Waals surface area (Å²) in [5.41, 5.74) is 0.00438. The molecule has 0 aliphatic carbocycles. The van der Waals surface area contributed by atoms with E-state index in [4.69, 9.17) is 16.3 Å². The third-order valence-corrected chi connectivity index (χ3v) is 4.15. The zero-order valence-corrected chi connectivity index (χ0v) is 14.9. The second kappa shape index (κ2) is 7.09. The number of halogens is 1. The molecule has 0 saturated carbocycles. The van der Waals surface area contributed by atoms with Crippen LogP contribution in [-0.2, 0) is 11.8 Å². The van der Waals surface area contributed by atoms with Gasteiger partial charge in [-0.1, -0.05) is 41.9 Å². The molecule has 0 bridgehead atoms. The Morgan fingerprint density at radius 3 is 2.50 bits per heavy atom. The van der Waals surface area contributed by atoms with E-state index in [1.165, 1.54) is 20.0 Å². The van der Waals surface area contributed by atoms with Crippen LogP contribution in [-0.4, -0.2) is 27.6 Å². The quantitative estimate of drug-likeness (QED) is 0.521. The predicted molar refractivity (Wildman–Crippen MR) is 97.6 cm³/mol. The summed E-state index contributed by atoms with van der Waals surface area (Å²) < 4.78 is 6.36. The molecule has 0 radical (unpaired) electrons. The lowest BCUT2D eigenvalue weighted by molar-refractivity contribution is 0.0313. The van der Waals surface area contributed by atoms with Gasteiger partial charge in [0.25, 0.3) is 5.56 Å². The fourth-order valence-corrected chi connectivity index (χ4v) is 2.79. The van der Waals surface area contributed by atoms with Crippen LogP contribution in [0.5, 0.6) is 0 Å². The highest BCUT2D eigenvalue weighted by Gasteiger charge is 2.23. The van der Waals surface area contributed by atoms with Gasteiger partial charge in [-0.15, -0.1) is 0 Å². The van der Waals surface area contributed by atoms with Crippen molar-refractivity contribution in [3.63, 3.8) is 0 Å². The molecule has 7 heteroatoms. The van der Waals surface area contributed by atoms with Gasteiger partial charge in [-0.2, -0.15) is 5.10 Å². The maximum Gasteiger partial charge on any atom is 0.360 e. The Labute approximate surface area is 154 Å². The average Bonchev–Trinajstić information content (AvgIpc) is 2.64. The summed E-state index contributed by atoms with van der Waals surface area (Å²) in [6.07, 6.45) is -1.03. The number of nitrogens with zero attached hydrogens (tertiary/aromatic N) is 2. The molecular weight excluding hydrogens is 356 g/mol. The fraction of sp³-hybridized carbons (Fsp3) is 0.158. The second-order valence-corrected chi connectivity index (χ2v) is 6.18. The van der Waals surface area contributed by atoms with Gasteiger partial charge in [0.2, 0.25) is 5.78 Å². The van der Waals surface area contributed by atoms with Crippen LogP contribution in [0.1, 0.15) is 27.8 Å². The summed E-state index contributed by atoms with van der Waals surface area (Å²) in [6.45, 7) is 1.48. The molecule has 0 spiro atoms. The molecule has 1 heterocycles. The third kappa shape index (κ3) is 3.36. The number of ether oxygens (including phenoxy) is 1. The van der Waals surface area contributed by atoms with Crippen molar-refractivity contribution in [2.75, 3.05) is 0 Å². The van der Waals surface area contributed by atoms with Crippen molar-refractivity contribution >= 4 is 34.1 Å². The van der Waals surface area contributed by atoms with E-state index in [9.17, 15) is 14.4 Å². The van der Waals surface area contributed by atoms with Crippen molar-refractivity contribution in [2.24, 2.45) is 7.05 Å². The molecule has 3 aromatic rings. The molecule has 0 aliphatic rings. The van der Waals surface area contributed by atoms with E-state index in [2.05, 4.69) is 5.10 Å². The minimum Gasteiger partial charge on any atom is -0.449 e. The highest BCUT2D eigenvalue weighted by molar-refractivity contribution is 6.31. The Morgan fingerprint density at radius 2 is 1.81 bits per heavy atom. The van der Waals surface area contributed by atoms with Crippen LogP contribution in [0.3, 0.4) is 0 Å². The molecule has 1 atom stereocenters. The molecular formula is C19H15ClN2O4. The molecule has 26 heavy (non-hydrogen) atoms. The van der Waals surface area contributed by atoms with Gasteiger partial charge < -0.3 is 4.74 Å². The number of carbonyl (C=O) groups is 2. The summed E-state index contributed by atoms with van der Waals surface area (Å²) in [5.74, 6) is -1.16. The first-order valence-corrected chi connectivity index (χ1v) is 8.23. The number of Topliss-reactive ketones (excluding diaryl/α,β-unsaturated/α-hetero) is 1. The lowest BCUT2D eigenvalue weighted by atomic mass is 10.1. The Balaban J connectivity index is 1.91. The maximum absolute atomic E-state index is 12.6. The molecule has 3 rings (SSSR count). The van der Waals surface area contributed by atoms with E-state index in [0.717, 1.165) is 4.68 Å². The number of carbonyl (C=O) groups excluding carboxylic acids is 2. The van der Waals surface area contributed by atoms with Gasteiger partial charge in [0.1, 0.15) is 0 Å². The van der Waals surface area contributed by atoms with Crippen LogP contribution in [0.4, 0.5) is 0 Å². The van der Waals surface area contributed by atoms with Gasteiger partial charge >= 0.3 is 5.97 Å². The van der Waals surface area contributed by atoms with Crippen molar-refractivity contribution in [1.82, 2.24) is 9.78 Å². The zero-order valence-electron chi connectivity index (χ0n) is 14.1. The summed E-state index contributed by atoms with van der Waals surface area (Å²) in [6, 6.07) is 13.0. The van der Waals surface area contributed by atoms with Crippen LogP contribution < -0.4 is 5.56 Å². The van der Waals surface area contributed by atoms with Crippen molar-refractivity contribution in [1.29, 1.82) is 0 Å². The normalized spacial score (nSPS) is 12.0. The number of aromatic nitrogens is 2. The van der Waals surface area contributed by atoms with Gasteiger partial charge in [-0.3, -0.25) is 9.59 Å². The van der Waals surface area contributed by atoms with E-state index < -0.39 is 12.1 Å². The molecule has 0 fully saturated rings. The number of rotatable bonds is 4. The smallest absolute Gasteiger partial charge is 0.360 e. The molecule has 0 amide bonds. The Hall–Kier alpha value is -2.99. The monoisotopic (exact) mass is 370 g/mol. The van der Waals surface area contributed by atoms with Crippen molar-refractivity contribution in [2.45, 2.75) is 13.0 Å². The zero-order chi connectivity index (χ0) is 18.8. The average molecular weight is 371 g/mol. The summed E-state index contributed by atoms with van der Waals surface area (Å²) in [7, 11) is 1.45. The molecule has 0 unspecified atom stereocenters. The van der Waals surface area contributed by atoms with Gasteiger partial charge in [-0.05, 0) is 25.1 Å². The van der Waals surface area contributed by atoms with Gasteiger partial charge in [0, 0.05) is 23.0 Å². The van der Waals surface area contributed by atoms with Gasteiger partial charge in [0.15, 0.2) is 11.8 Å². The number of benzene rings is 2. The molecule has 1 aromatic heterocycles. The molecule has 0 N–H and O–H groups in total. The minimum atomic E-state index is -1.03. The predicted octanol–water partition coefficient (Wildman–Crippen LogP) is 3.02. The van der Waals surface area contributed by atoms with Crippen LogP contribution in [0.25, 0.3) is 10.8 Å². The first kappa shape index (κ1) is 17.8. The first-order chi connectivity index (χ1) is 12.4. The lowest BCUT2D eigenvalue weighted by Crippen LogP contribution is -2.28. The topological polar surface area (TPSA) is 78.3 Å². The van der Waals surface area contributed by atoms with Crippen molar-refractivity contribution in [3.05, 3.63) is 75.2 Å².